The van der Waals surface area contributed by atoms with Crippen LogP contribution in [0.15, 0.2) is 47.4 Å². The Morgan fingerprint density at radius 2 is 1.52 bits per heavy atom. The molecule has 0 aliphatic carbocycles. The highest BCUT2D eigenvalue weighted by molar-refractivity contribution is 7.90. The van der Waals surface area contributed by atoms with E-state index < -0.39 is 15.9 Å². The van der Waals surface area contributed by atoms with E-state index >= 15 is 0 Å². The van der Waals surface area contributed by atoms with Crippen molar-refractivity contribution in [3.05, 3.63) is 48.2 Å². The van der Waals surface area contributed by atoms with Gasteiger partial charge in [0.15, 0.2) is 11.5 Å². The molecule has 0 aliphatic heterocycles. The topological polar surface area (TPSA) is 129 Å². The number of ether oxygens (including phenoxy) is 4. The van der Waals surface area contributed by atoms with Gasteiger partial charge in [0, 0.05) is 5.56 Å². The van der Waals surface area contributed by atoms with E-state index in [0.717, 1.165) is 0 Å². The normalized spacial score (nSPS) is 11.0. The summed E-state index contributed by atoms with van der Waals surface area (Å²) < 4.78 is 47.9. The minimum Gasteiger partial charge on any atom is -0.497 e. The van der Waals surface area contributed by atoms with Crippen LogP contribution in [0.2, 0.25) is 0 Å². The number of hydrogen-bond acceptors (Lipinski definition) is 8. The number of rotatable bonds is 8. The summed E-state index contributed by atoms with van der Waals surface area (Å²) in [4.78, 5) is 12.4. The quantitative estimate of drug-likeness (QED) is 0.538. The molecule has 164 valence electrons. The Hall–Kier alpha value is -3.73. The molecule has 0 saturated carbocycles. The van der Waals surface area contributed by atoms with Crippen molar-refractivity contribution in [2.45, 2.75) is 4.90 Å². The lowest BCUT2D eigenvalue weighted by Crippen LogP contribution is -2.30. The number of carbonyl (C=O) groups is 1. The third-order valence-electron chi connectivity index (χ3n) is 4.38. The molecule has 1 amide bonds. The second-order valence-corrected chi connectivity index (χ2v) is 7.87. The molecule has 2 N–H and O–H groups in total. The number of benzene rings is 2. The van der Waals surface area contributed by atoms with Gasteiger partial charge in [-0.25, -0.2) is 13.1 Å². The number of H-pyrrole nitrogens is 1. The summed E-state index contributed by atoms with van der Waals surface area (Å²) >= 11 is 0. The molecule has 2 aromatic carbocycles. The number of nitrogens with one attached hydrogen (secondary N) is 2. The molecule has 11 heteroatoms. The van der Waals surface area contributed by atoms with Crippen LogP contribution in [0.5, 0.6) is 23.0 Å². The third kappa shape index (κ3) is 4.56. The maximum Gasteiger partial charge on any atom is 0.283 e. The highest BCUT2D eigenvalue weighted by atomic mass is 32.2. The Balaban J connectivity index is 1.85. The fourth-order valence-corrected chi connectivity index (χ4v) is 3.77. The first kappa shape index (κ1) is 22.0. The summed E-state index contributed by atoms with van der Waals surface area (Å²) in [5, 5.41) is 6.63. The van der Waals surface area contributed by atoms with Crippen LogP contribution in [-0.4, -0.2) is 53.0 Å². The number of carbonyl (C=O) groups excluding carboxylic acids is 1. The molecule has 0 aliphatic rings. The van der Waals surface area contributed by atoms with Gasteiger partial charge in [-0.1, -0.05) is 0 Å². The van der Waals surface area contributed by atoms with Crippen molar-refractivity contribution < 1.29 is 32.2 Å². The number of amides is 1. The van der Waals surface area contributed by atoms with Crippen LogP contribution in [-0.2, 0) is 10.0 Å². The fourth-order valence-electron chi connectivity index (χ4n) is 2.81. The fraction of sp³-hybridized carbons (Fsp3) is 0.200. The lowest BCUT2D eigenvalue weighted by atomic mass is 10.1. The second-order valence-electron chi connectivity index (χ2n) is 6.19. The Morgan fingerprint density at radius 1 is 0.903 bits per heavy atom. The van der Waals surface area contributed by atoms with Gasteiger partial charge < -0.3 is 18.9 Å². The third-order valence-corrected chi connectivity index (χ3v) is 5.73. The molecule has 31 heavy (non-hydrogen) atoms. The summed E-state index contributed by atoms with van der Waals surface area (Å²) in [6, 6.07) is 10.4. The molecule has 0 spiro atoms. The van der Waals surface area contributed by atoms with Gasteiger partial charge in [-0.2, -0.15) is 5.10 Å². The maximum absolute atomic E-state index is 12.5. The highest BCUT2D eigenvalue weighted by Gasteiger charge is 2.21. The van der Waals surface area contributed by atoms with Crippen LogP contribution < -0.4 is 23.7 Å². The predicted molar refractivity (Wildman–Crippen MR) is 111 cm³/mol. The smallest absolute Gasteiger partial charge is 0.283 e. The van der Waals surface area contributed by atoms with Crippen molar-refractivity contribution in [2.75, 3.05) is 28.4 Å². The van der Waals surface area contributed by atoms with Gasteiger partial charge >= 0.3 is 0 Å². The second kappa shape index (κ2) is 8.96. The van der Waals surface area contributed by atoms with E-state index in [2.05, 4.69) is 10.2 Å². The molecule has 3 aromatic rings. The first-order chi connectivity index (χ1) is 14.8. The molecule has 0 atom stereocenters. The number of aromatic nitrogens is 2. The standard InChI is InChI=1S/C20H21N3O7S/c1-27-13-5-7-14(8-6-13)31(25,26)23-20(24)16-11-15(21-22-16)12-9-17(28-2)19(30-4)18(10-12)29-3/h5-11H,1-4H3,(H,21,22)(H,23,24). The molecule has 3 rings (SSSR count). The zero-order valence-corrected chi connectivity index (χ0v) is 18.1. The number of nitrogens with zero attached hydrogens (tertiary/aromatic N) is 1. The largest absolute Gasteiger partial charge is 0.497 e. The van der Waals surface area contributed by atoms with E-state index in [1.165, 1.54) is 58.8 Å². The number of hydrogen-bond donors (Lipinski definition) is 2. The Bertz CT molecular complexity index is 1160. The van der Waals surface area contributed by atoms with Crippen LogP contribution in [0.3, 0.4) is 0 Å². The minimum atomic E-state index is -4.08. The van der Waals surface area contributed by atoms with Crippen LogP contribution in [0.4, 0.5) is 0 Å². The van der Waals surface area contributed by atoms with Crippen molar-refractivity contribution in [1.82, 2.24) is 14.9 Å². The van der Waals surface area contributed by atoms with Crippen molar-refractivity contribution in [2.24, 2.45) is 0 Å². The lowest BCUT2D eigenvalue weighted by Gasteiger charge is -2.13. The molecule has 0 saturated heterocycles. The van der Waals surface area contributed by atoms with Gasteiger partial charge in [-0.3, -0.25) is 9.89 Å². The monoisotopic (exact) mass is 447 g/mol. The number of sulfonamides is 1. The average molecular weight is 447 g/mol. The van der Waals surface area contributed by atoms with Crippen molar-refractivity contribution in [1.29, 1.82) is 0 Å². The summed E-state index contributed by atoms with van der Waals surface area (Å²) in [6.07, 6.45) is 0. The van der Waals surface area contributed by atoms with Gasteiger partial charge in [0.2, 0.25) is 5.75 Å². The van der Waals surface area contributed by atoms with Crippen molar-refractivity contribution in [3.8, 4) is 34.3 Å². The van der Waals surface area contributed by atoms with E-state index in [9.17, 15) is 13.2 Å². The summed E-state index contributed by atoms with van der Waals surface area (Å²) in [6.45, 7) is 0. The first-order valence-electron chi connectivity index (χ1n) is 8.90. The van der Waals surface area contributed by atoms with E-state index in [4.69, 9.17) is 18.9 Å². The molecule has 0 radical (unpaired) electrons. The van der Waals surface area contributed by atoms with E-state index in [0.29, 0.717) is 34.3 Å². The van der Waals surface area contributed by atoms with Crippen molar-refractivity contribution in [3.63, 3.8) is 0 Å². The highest BCUT2D eigenvalue weighted by Crippen LogP contribution is 2.40. The van der Waals surface area contributed by atoms with Crippen LogP contribution in [0.1, 0.15) is 10.5 Å². The first-order valence-corrected chi connectivity index (χ1v) is 10.4. The predicted octanol–water partition coefficient (Wildman–Crippen LogP) is 2.23. The number of aromatic amines is 1. The Labute approximate surface area is 179 Å². The zero-order valence-electron chi connectivity index (χ0n) is 17.3. The summed E-state index contributed by atoms with van der Waals surface area (Å²) in [5.41, 5.74) is 0.912. The zero-order chi connectivity index (χ0) is 22.6. The molecule has 0 unspecified atom stereocenters. The molecule has 0 fully saturated rings. The van der Waals surface area contributed by atoms with E-state index in [1.54, 1.807) is 12.1 Å². The Morgan fingerprint density at radius 3 is 2.03 bits per heavy atom. The van der Waals surface area contributed by atoms with Gasteiger partial charge in [-0.05, 0) is 42.5 Å². The van der Waals surface area contributed by atoms with Crippen LogP contribution in [0, 0.1) is 0 Å². The van der Waals surface area contributed by atoms with Crippen LogP contribution >= 0.6 is 0 Å². The molecule has 10 nitrogen and oxygen atoms in total. The van der Waals surface area contributed by atoms with E-state index in [-0.39, 0.29) is 10.6 Å². The molecular formula is C20H21N3O7S. The summed E-state index contributed by atoms with van der Waals surface area (Å²) in [7, 11) is 1.84. The Kier molecular flexibility index (Phi) is 6.35. The maximum atomic E-state index is 12.5. The van der Waals surface area contributed by atoms with Crippen molar-refractivity contribution >= 4 is 15.9 Å². The minimum absolute atomic E-state index is 0.0409. The van der Waals surface area contributed by atoms with E-state index in [1.807, 2.05) is 4.72 Å². The molecule has 1 heterocycles. The van der Waals surface area contributed by atoms with Gasteiger partial charge in [0.1, 0.15) is 11.4 Å². The SMILES string of the molecule is COc1ccc(S(=O)(=O)NC(=O)c2cc(-c3cc(OC)c(OC)c(OC)c3)n[nH]2)cc1. The molecule has 1 aromatic heterocycles. The van der Waals surface area contributed by atoms with Crippen LogP contribution in [0.25, 0.3) is 11.3 Å². The molecular weight excluding hydrogens is 426 g/mol. The average Bonchev–Trinajstić information content (AvgIpc) is 3.28. The lowest BCUT2D eigenvalue weighted by molar-refractivity contribution is 0.0976. The van der Waals surface area contributed by atoms with Gasteiger partial charge in [0.05, 0.1) is 39.0 Å². The number of methoxy groups -OCH3 is 4. The van der Waals surface area contributed by atoms with Gasteiger partial charge in [0.25, 0.3) is 15.9 Å². The summed E-state index contributed by atoms with van der Waals surface area (Å²) in [5.74, 6) is 0.865. The molecule has 0 bridgehead atoms. The van der Waals surface area contributed by atoms with Gasteiger partial charge in [-0.15, -0.1) is 0 Å².